The summed E-state index contributed by atoms with van der Waals surface area (Å²) in [6.45, 7) is 1.50. The molecule has 0 aromatic carbocycles. The molecule has 14 heavy (non-hydrogen) atoms. The molecule has 1 aromatic heterocycles. The van der Waals surface area contributed by atoms with E-state index in [1.807, 2.05) is 6.07 Å². The van der Waals surface area contributed by atoms with Crippen molar-refractivity contribution in [3.8, 4) is 12.1 Å². The van der Waals surface area contributed by atoms with Gasteiger partial charge in [0.2, 0.25) is 0 Å². The molecule has 1 heterocycles. The van der Waals surface area contributed by atoms with Crippen molar-refractivity contribution < 1.29 is 8.42 Å². The van der Waals surface area contributed by atoms with Gasteiger partial charge in [-0.1, -0.05) is 6.92 Å². The van der Waals surface area contributed by atoms with Gasteiger partial charge >= 0.3 is 0 Å². The highest BCUT2D eigenvalue weighted by atomic mass is 32.2. The van der Waals surface area contributed by atoms with Crippen molar-refractivity contribution in [3.05, 3.63) is 16.5 Å². The van der Waals surface area contributed by atoms with Gasteiger partial charge in [0, 0.05) is 0 Å². The average molecular weight is 226 g/mol. The van der Waals surface area contributed by atoms with Gasteiger partial charge in [-0.2, -0.15) is 10.5 Å². The highest BCUT2D eigenvalue weighted by molar-refractivity contribution is 7.93. The van der Waals surface area contributed by atoms with E-state index in [4.69, 9.17) is 10.5 Å². The van der Waals surface area contributed by atoms with E-state index in [0.29, 0.717) is 0 Å². The predicted octanol–water partition coefficient (Wildman–Crippen LogP) is 1.29. The lowest BCUT2D eigenvalue weighted by molar-refractivity contribution is 0.599. The lowest BCUT2D eigenvalue weighted by Crippen LogP contribution is -2.02. The van der Waals surface area contributed by atoms with Crippen molar-refractivity contribution in [2.24, 2.45) is 0 Å². The van der Waals surface area contributed by atoms with Crippen molar-refractivity contribution >= 4 is 21.2 Å². The largest absolute Gasteiger partial charge is 0.223 e. The zero-order valence-electron chi connectivity index (χ0n) is 7.31. The number of hydrogen-bond donors (Lipinski definition) is 0. The Bertz CT molecular complexity index is 529. The molecule has 0 atom stereocenters. The van der Waals surface area contributed by atoms with Crippen LogP contribution in [0.4, 0.5) is 0 Å². The minimum atomic E-state index is -3.39. The van der Waals surface area contributed by atoms with E-state index in [1.54, 1.807) is 6.07 Å². The Balaban J connectivity index is 3.45. The van der Waals surface area contributed by atoms with Crippen LogP contribution in [0.3, 0.4) is 0 Å². The van der Waals surface area contributed by atoms with Crippen molar-refractivity contribution in [1.82, 2.24) is 0 Å². The second-order valence-corrected chi connectivity index (χ2v) is 5.96. The van der Waals surface area contributed by atoms with Gasteiger partial charge in [-0.3, -0.25) is 0 Å². The monoisotopic (exact) mass is 226 g/mol. The van der Waals surface area contributed by atoms with Crippen LogP contribution in [0.1, 0.15) is 17.4 Å². The van der Waals surface area contributed by atoms with Crippen LogP contribution in [-0.2, 0) is 9.84 Å². The highest BCUT2D eigenvalue weighted by Crippen LogP contribution is 2.26. The lowest BCUT2D eigenvalue weighted by Gasteiger charge is -1.95. The molecule has 0 saturated heterocycles. The molecule has 72 valence electrons. The van der Waals surface area contributed by atoms with Gasteiger partial charge in [0.05, 0.1) is 11.3 Å². The van der Waals surface area contributed by atoms with Crippen LogP contribution in [0.15, 0.2) is 10.3 Å². The van der Waals surface area contributed by atoms with Crippen LogP contribution in [-0.4, -0.2) is 14.2 Å². The third-order valence-corrected chi connectivity index (χ3v) is 4.98. The van der Waals surface area contributed by atoms with E-state index in [9.17, 15) is 8.42 Å². The standard InChI is InChI=1S/C8H6N2O2S2/c1-2-14(11,12)8-6(4-9)3-7(5-10)13-8/h3H,2H2,1H3. The third-order valence-electron chi connectivity index (χ3n) is 1.59. The normalized spacial score (nSPS) is 10.5. The maximum atomic E-state index is 11.5. The molecule has 0 N–H and O–H groups in total. The van der Waals surface area contributed by atoms with E-state index in [-0.39, 0.29) is 20.4 Å². The smallest absolute Gasteiger partial charge is 0.188 e. The molecule has 6 heteroatoms. The Labute approximate surface area is 85.9 Å². The van der Waals surface area contributed by atoms with E-state index >= 15 is 0 Å². The zero-order chi connectivity index (χ0) is 10.8. The second-order valence-electron chi connectivity index (χ2n) is 2.44. The van der Waals surface area contributed by atoms with Crippen LogP contribution in [0.2, 0.25) is 0 Å². The van der Waals surface area contributed by atoms with Gasteiger partial charge in [0.15, 0.2) is 9.84 Å². The molecule has 0 amide bonds. The van der Waals surface area contributed by atoms with Crippen LogP contribution in [0.25, 0.3) is 0 Å². The van der Waals surface area contributed by atoms with E-state index < -0.39 is 9.84 Å². The number of nitriles is 2. The summed E-state index contributed by atoms with van der Waals surface area (Å²) < 4.78 is 22.9. The van der Waals surface area contributed by atoms with Gasteiger partial charge < -0.3 is 0 Å². The number of sulfone groups is 1. The van der Waals surface area contributed by atoms with Gasteiger partial charge in [-0.15, -0.1) is 11.3 Å². The summed E-state index contributed by atoms with van der Waals surface area (Å²) >= 11 is 0.844. The van der Waals surface area contributed by atoms with Crippen molar-refractivity contribution in [2.75, 3.05) is 5.75 Å². The first-order valence-electron chi connectivity index (χ1n) is 3.72. The van der Waals surface area contributed by atoms with E-state index in [1.165, 1.54) is 13.0 Å². The summed E-state index contributed by atoms with van der Waals surface area (Å²) in [6.07, 6.45) is 0. The Kier molecular flexibility index (Phi) is 2.90. The van der Waals surface area contributed by atoms with Crippen LogP contribution in [0, 0.1) is 22.7 Å². The van der Waals surface area contributed by atoms with Gasteiger partial charge in [-0.25, -0.2) is 8.42 Å². The zero-order valence-corrected chi connectivity index (χ0v) is 8.94. The Morgan fingerprint density at radius 1 is 1.43 bits per heavy atom. The van der Waals surface area contributed by atoms with E-state index in [0.717, 1.165) is 11.3 Å². The third kappa shape index (κ3) is 1.77. The summed E-state index contributed by atoms with van der Waals surface area (Å²) in [5.74, 6) is -0.0624. The summed E-state index contributed by atoms with van der Waals surface area (Å²) in [6, 6.07) is 4.89. The summed E-state index contributed by atoms with van der Waals surface area (Å²) in [5, 5.41) is 17.2. The summed E-state index contributed by atoms with van der Waals surface area (Å²) in [4.78, 5) is 0.244. The molecule has 0 saturated carbocycles. The number of nitrogens with zero attached hydrogens (tertiary/aromatic N) is 2. The first kappa shape index (κ1) is 10.7. The summed E-state index contributed by atoms with van der Waals surface area (Å²) in [5.41, 5.74) is 0.0633. The first-order valence-corrected chi connectivity index (χ1v) is 6.18. The molecule has 0 bridgehead atoms. The Hall–Kier alpha value is -1.37. The molecule has 4 nitrogen and oxygen atoms in total. The average Bonchev–Trinajstić information content (AvgIpc) is 2.61. The number of thiophene rings is 1. The summed E-state index contributed by atoms with van der Waals surface area (Å²) in [7, 11) is -3.39. The van der Waals surface area contributed by atoms with Crippen LogP contribution >= 0.6 is 11.3 Å². The van der Waals surface area contributed by atoms with Crippen molar-refractivity contribution in [1.29, 1.82) is 10.5 Å². The molecular weight excluding hydrogens is 220 g/mol. The molecule has 0 unspecified atom stereocenters. The fourth-order valence-corrected chi connectivity index (χ4v) is 3.34. The SMILES string of the molecule is CCS(=O)(=O)c1sc(C#N)cc1C#N. The number of hydrogen-bond acceptors (Lipinski definition) is 5. The molecule has 1 rings (SSSR count). The lowest BCUT2D eigenvalue weighted by atomic mass is 10.3. The predicted molar refractivity (Wildman–Crippen MR) is 51.5 cm³/mol. The second kappa shape index (κ2) is 3.79. The Morgan fingerprint density at radius 2 is 2.07 bits per heavy atom. The molecule has 0 aliphatic heterocycles. The maximum absolute atomic E-state index is 11.5. The first-order chi connectivity index (χ1) is 6.55. The quantitative estimate of drug-likeness (QED) is 0.760. The van der Waals surface area contributed by atoms with Gasteiger partial charge in [0.1, 0.15) is 21.2 Å². The highest BCUT2D eigenvalue weighted by Gasteiger charge is 2.20. The topological polar surface area (TPSA) is 81.7 Å². The van der Waals surface area contributed by atoms with Crippen LogP contribution < -0.4 is 0 Å². The minimum absolute atomic E-state index is 0.000880. The molecule has 0 fully saturated rings. The van der Waals surface area contributed by atoms with Crippen molar-refractivity contribution in [2.45, 2.75) is 11.1 Å². The molecule has 0 aliphatic carbocycles. The fraction of sp³-hybridized carbons (Fsp3) is 0.250. The Morgan fingerprint density at radius 3 is 2.50 bits per heavy atom. The maximum Gasteiger partial charge on any atom is 0.188 e. The molecule has 1 aromatic rings. The van der Waals surface area contributed by atoms with Crippen LogP contribution in [0.5, 0.6) is 0 Å². The van der Waals surface area contributed by atoms with Crippen molar-refractivity contribution in [3.63, 3.8) is 0 Å². The molecule has 0 aliphatic rings. The minimum Gasteiger partial charge on any atom is -0.223 e. The number of rotatable bonds is 2. The molecular formula is C8H6N2O2S2. The van der Waals surface area contributed by atoms with E-state index in [2.05, 4.69) is 0 Å². The fourth-order valence-electron chi connectivity index (χ4n) is 0.869. The van der Waals surface area contributed by atoms with Gasteiger partial charge in [0.25, 0.3) is 0 Å². The molecule has 0 spiro atoms. The molecule has 0 radical (unpaired) electrons. The van der Waals surface area contributed by atoms with Gasteiger partial charge in [-0.05, 0) is 6.07 Å².